The number of carbonyl (C=O) groups is 1. The minimum Gasteiger partial charge on any atom is -0.309 e. The SMILES string of the molecule is CC(C(=O)Nc1ccc(C#N)cn1)N1C[C@H]2C[C@@H](c3ccnc4ccc(F)cc34)C[C@H]2C1. The first kappa shape index (κ1) is 20.5. The number of rotatable bonds is 4. The van der Waals surface area contributed by atoms with Crippen molar-refractivity contribution < 1.29 is 9.18 Å². The largest absolute Gasteiger partial charge is 0.309 e. The topological polar surface area (TPSA) is 81.9 Å². The Morgan fingerprint density at radius 3 is 2.66 bits per heavy atom. The summed E-state index contributed by atoms with van der Waals surface area (Å²) in [6, 6.07) is 11.9. The molecular formula is C25H24FN5O. The molecule has 1 saturated carbocycles. The van der Waals surface area contributed by atoms with Crippen molar-refractivity contribution in [3.05, 3.63) is 65.7 Å². The van der Waals surface area contributed by atoms with E-state index in [9.17, 15) is 9.18 Å². The zero-order chi connectivity index (χ0) is 22.2. The predicted octanol–water partition coefficient (Wildman–Crippen LogP) is 4.09. The smallest absolute Gasteiger partial charge is 0.242 e. The van der Waals surface area contributed by atoms with E-state index in [1.54, 1.807) is 24.3 Å². The van der Waals surface area contributed by atoms with Crippen molar-refractivity contribution in [1.82, 2.24) is 14.9 Å². The molecule has 5 rings (SSSR count). The Bertz CT molecular complexity index is 1190. The molecule has 4 atom stereocenters. The number of anilines is 1. The van der Waals surface area contributed by atoms with Crippen molar-refractivity contribution in [2.24, 2.45) is 11.8 Å². The fourth-order valence-corrected chi connectivity index (χ4v) is 5.33. The summed E-state index contributed by atoms with van der Waals surface area (Å²) in [6.45, 7) is 3.69. The average molecular weight is 429 g/mol. The normalized spacial score (nSPS) is 23.6. The number of nitriles is 1. The third-order valence-electron chi connectivity index (χ3n) is 7.03. The fraction of sp³-hybridized carbons (Fsp3) is 0.360. The highest BCUT2D eigenvalue weighted by atomic mass is 19.1. The second-order valence-electron chi connectivity index (χ2n) is 8.91. The van der Waals surface area contributed by atoms with Gasteiger partial charge in [-0.15, -0.1) is 0 Å². The van der Waals surface area contributed by atoms with Crippen LogP contribution in [0.5, 0.6) is 0 Å². The summed E-state index contributed by atoms with van der Waals surface area (Å²) < 4.78 is 13.9. The van der Waals surface area contributed by atoms with Crippen LogP contribution in [0.4, 0.5) is 10.2 Å². The Balaban J connectivity index is 1.23. The van der Waals surface area contributed by atoms with Crippen molar-refractivity contribution in [2.75, 3.05) is 18.4 Å². The second kappa shape index (κ2) is 8.29. The molecule has 3 heterocycles. The zero-order valence-electron chi connectivity index (χ0n) is 17.8. The van der Waals surface area contributed by atoms with Crippen LogP contribution in [-0.4, -0.2) is 39.9 Å². The molecule has 3 aromatic rings. The van der Waals surface area contributed by atoms with Crippen LogP contribution in [0.3, 0.4) is 0 Å². The minimum absolute atomic E-state index is 0.0886. The summed E-state index contributed by atoms with van der Waals surface area (Å²) >= 11 is 0. The van der Waals surface area contributed by atoms with Crippen LogP contribution in [0.15, 0.2) is 48.8 Å². The second-order valence-corrected chi connectivity index (χ2v) is 8.91. The molecule has 0 radical (unpaired) electrons. The van der Waals surface area contributed by atoms with Crippen molar-refractivity contribution in [3.63, 3.8) is 0 Å². The Labute approximate surface area is 186 Å². The van der Waals surface area contributed by atoms with Gasteiger partial charge in [0.15, 0.2) is 0 Å². The van der Waals surface area contributed by atoms with E-state index in [4.69, 9.17) is 5.26 Å². The molecule has 7 heteroatoms. The number of benzene rings is 1. The van der Waals surface area contributed by atoms with Crippen LogP contribution < -0.4 is 5.32 Å². The summed E-state index contributed by atoms with van der Waals surface area (Å²) in [4.78, 5) is 23.5. The fourth-order valence-electron chi connectivity index (χ4n) is 5.33. The van der Waals surface area contributed by atoms with Crippen molar-refractivity contribution in [3.8, 4) is 6.07 Å². The number of hydrogen-bond donors (Lipinski definition) is 1. The standard InChI is InChI=1S/C25H24FN5O/c1-15(25(32)30-24-5-2-16(11-27)12-29-24)31-13-18-8-17(9-19(18)14-31)21-6-7-28-23-4-3-20(26)10-22(21)23/h2-7,10,12,15,17-19H,8-9,13-14H2,1H3,(H,29,30,32)/t15?,17-,18-,19+. The monoisotopic (exact) mass is 429 g/mol. The van der Waals surface area contributed by atoms with Gasteiger partial charge in [0.05, 0.1) is 17.1 Å². The van der Waals surface area contributed by atoms with E-state index in [2.05, 4.69) is 20.2 Å². The van der Waals surface area contributed by atoms with Gasteiger partial charge in [0.25, 0.3) is 0 Å². The zero-order valence-corrected chi connectivity index (χ0v) is 17.8. The lowest BCUT2D eigenvalue weighted by molar-refractivity contribution is -0.120. The third kappa shape index (κ3) is 3.82. The Morgan fingerprint density at radius 2 is 1.97 bits per heavy atom. The maximum absolute atomic E-state index is 13.9. The molecule has 1 N–H and O–H groups in total. The molecule has 1 amide bonds. The van der Waals surface area contributed by atoms with Gasteiger partial charge < -0.3 is 5.32 Å². The summed E-state index contributed by atoms with van der Waals surface area (Å²) in [5.41, 5.74) is 2.49. The first-order valence-corrected chi connectivity index (χ1v) is 11.0. The first-order valence-electron chi connectivity index (χ1n) is 11.0. The number of amides is 1. The van der Waals surface area contributed by atoms with Crippen LogP contribution >= 0.6 is 0 Å². The van der Waals surface area contributed by atoms with E-state index in [0.29, 0.717) is 29.1 Å². The molecule has 162 valence electrons. The molecule has 32 heavy (non-hydrogen) atoms. The van der Waals surface area contributed by atoms with Crippen molar-refractivity contribution in [2.45, 2.75) is 31.7 Å². The van der Waals surface area contributed by atoms with Crippen LogP contribution in [0.25, 0.3) is 10.9 Å². The molecule has 2 aliphatic rings. The Hall–Kier alpha value is -3.37. The van der Waals surface area contributed by atoms with Gasteiger partial charge in [-0.1, -0.05) is 0 Å². The molecule has 1 saturated heterocycles. The Morgan fingerprint density at radius 1 is 1.19 bits per heavy atom. The highest BCUT2D eigenvalue weighted by Gasteiger charge is 2.43. The molecule has 1 unspecified atom stereocenters. The maximum Gasteiger partial charge on any atom is 0.242 e. The van der Waals surface area contributed by atoms with Crippen LogP contribution in [0.1, 0.15) is 36.8 Å². The van der Waals surface area contributed by atoms with Crippen LogP contribution in [0, 0.1) is 29.0 Å². The van der Waals surface area contributed by atoms with Gasteiger partial charge in [-0.3, -0.25) is 14.7 Å². The van der Waals surface area contributed by atoms with E-state index in [-0.39, 0.29) is 17.8 Å². The van der Waals surface area contributed by atoms with Gasteiger partial charge in [0, 0.05) is 30.9 Å². The summed E-state index contributed by atoms with van der Waals surface area (Å²) in [5.74, 6) is 1.59. The molecular weight excluding hydrogens is 405 g/mol. The molecule has 1 aromatic carbocycles. The maximum atomic E-state index is 13.9. The molecule has 0 bridgehead atoms. The highest BCUT2D eigenvalue weighted by Crippen LogP contribution is 2.47. The van der Waals surface area contributed by atoms with Gasteiger partial charge >= 0.3 is 0 Å². The molecule has 6 nitrogen and oxygen atoms in total. The number of nitrogens with one attached hydrogen (secondary N) is 1. The van der Waals surface area contributed by atoms with Crippen molar-refractivity contribution in [1.29, 1.82) is 5.26 Å². The predicted molar refractivity (Wildman–Crippen MR) is 119 cm³/mol. The highest BCUT2D eigenvalue weighted by molar-refractivity contribution is 5.93. The quantitative estimate of drug-likeness (QED) is 0.675. The van der Waals surface area contributed by atoms with Gasteiger partial charge in [-0.05, 0) is 79.5 Å². The lowest BCUT2D eigenvalue weighted by atomic mass is 9.93. The van der Waals surface area contributed by atoms with Gasteiger partial charge in [-0.2, -0.15) is 5.26 Å². The van der Waals surface area contributed by atoms with E-state index in [0.717, 1.165) is 36.8 Å². The van der Waals surface area contributed by atoms with Crippen molar-refractivity contribution >= 4 is 22.6 Å². The van der Waals surface area contributed by atoms with E-state index in [1.165, 1.54) is 17.8 Å². The number of halogens is 1. The summed E-state index contributed by atoms with van der Waals surface area (Å²) in [6.07, 6.45) is 5.36. The van der Waals surface area contributed by atoms with E-state index in [1.807, 2.05) is 25.3 Å². The molecule has 1 aliphatic carbocycles. The lowest BCUT2D eigenvalue weighted by Crippen LogP contribution is -2.41. The van der Waals surface area contributed by atoms with Gasteiger partial charge in [0.1, 0.15) is 17.7 Å². The number of hydrogen-bond acceptors (Lipinski definition) is 5. The molecule has 2 fully saturated rings. The number of nitrogens with zero attached hydrogens (tertiary/aromatic N) is 4. The number of carbonyl (C=O) groups excluding carboxylic acids is 1. The molecule has 2 aromatic heterocycles. The number of pyridine rings is 2. The van der Waals surface area contributed by atoms with Gasteiger partial charge in [-0.25, -0.2) is 9.37 Å². The number of aromatic nitrogens is 2. The average Bonchev–Trinajstić information content (AvgIpc) is 3.38. The van der Waals surface area contributed by atoms with Gasteiger partial charge in [0.2, 0.25) is 5.91 Å². The van der Waals surface area contributed by atoms with E-state index >= 15 is 0 Å². The molecule has 1 aliphatic heterocycles. The number of fused-ring (bicyclic) bond motifs is 2. The van der Waals surface area contributed by atoms with Crippen LogP contribution in [-0.2, 0) is 4.79 Å². The minimum atomic E-state index is -0.257. The lowest BCUT2D eigenvalue weighted by Gasteiger charge is -2.25. The van der Waals surface area contributed by atoms with E-state index < -0.39 is 0 Å². The first-order chi connectivity index (χ1) is 15.5. The van der Waals surface area contributed by atoms with Crippen LogP contribution in [0.2, 0.25) is 0 Å². The summed E-state index contributed by atoms with van der Waals surface area (Å²) in [7, 11) is 0. The molecule has 0 spiro atoms. The Kier molecular flexibility index (Phi) is 5.32. The summed E-state index contributed by atoms with van der Waals surface area (Å²) in [5, 5.41) is 12.6. The third-order valence-corrected chi connectivity index (χ3v) is 7.03. The number of likely N-dealkylation sites (tertiary alicyclic amines) is 1.